The zero-order valence-corrected chi connectivity index (χ0v) is 10.4. The van der Waals surface area contributed by atoms with E-state index in [2.05, 4.69) is 14.9 Å². The summed E-state index contributed by atoms with van der Waals surface area (Å²) in [5.74, 6) is 1.90. The largest absolute Gasteiger partial charge is 0.356 e. The molecule has 5 nitrogen and oxygen atoms in total. The lowest BCUT2D eigenvalue weighted by molar-refractivity contribution is -0.115. The molecule has 0 saturated carbocycles. The number of nitrogens with zero attached hydrogens (tertiary/aromatic N) is 4. The van der Waals surface area contributed by atoms with Gasteiger partial charge in [0.1, 0.15) is 23.7 Å². The van der Waals surface area contributed by atoms with Crippen molar-refractivity contribution in [3.05, 3.63) is 12.4 Å². The number of hydrogen-bond donors (Lipinski definition) is 0. The van der Waals surface area contributed by atoms with Gasteiger partial charge in [-0.1, -0.05) is 0 Å². The highest BCUT2D eigenvalue weighted by atomic mass is 16.1. The second-order valence-corrected chi connectivity index (χ2v) is 4.49. The number of carbonyl (C=O) groups is 1. The minimum absolute atomic E-state index is 0.133. The molecule has 0 aliphatic carbocycles. The Morgan fingerprint density at radius 3 is 2.76 bits per heavy atom. The zero-order chi connectivity index (χ0) is 12.3. The fourth-order valence-electron chi connectivity index (χ4n) is 2.08. The molecular formula is C12H18N4O. The standard InChI is InChI=1S/C12H18N4O/c1-10(17)8-15(2)11-7-12(14-9-13-11)16-5-3-4-6-16/h7,9H,3-6,8H2,1-2H3. The second-order valence-electron chi connectivity index (χ2n) is 4.49. The SMILES string of the molecule is CC(=O)CN(C)c1cc(N2CCCC2)ncn1. The minimum atomic E-state index is 0.133. The number of Topliss-reactive ketones (excluding diaryl/α,β-unsaturated/α-hetero) is 1. The van der Waals surface area contributed by atoms with Crippen molar-refractivity contribution < 1.29 is 4.79 Å². The highest BCUT2D eigenvalue weighted by Gasteiger charge is 2.15. The Labute approximate surface area is 101 Å². The molecule has 1 aromatic rings. The summed E-state index contributed by atoms with van der Waals surface area (Å²) in [4.78, 5) is 23.7. The van der Waals surface area contributed by atoms with Crippen molar-refractivity contribution in [1.29, 1.82) is 0 Å². The van der Waals surface area contributed by atoms with Crippen molar-refractivity contribution in [3.63, 3.8) is 0 Å². The molecule has 0 atom stereocenters. The van der Waals surface area contributed by atoms with Crippen molar-refractivity contribution in [2.24, 2.45) is 0 Å². The van der Waals surface area contributed by atoms with Gasteiger partial charge in [-0.2, -0.15) is 0 Å². The summed E-state index contributed by atoms with van der Waals surface area (Å²) in [5.41, 5.74) is 0. The molecule has 0 amide bonds. The number of carbonyl (C=O) groups excluding carboxylic acids is 1. The molecule has 2 rings (SSSR count). The number of aromatic nitrogens is 2. The third-order valence-electron chi connectivity index (χ3n) is 2.92. The van der Waals surface area contributed by atoms with E-state index < -0.39 is 0 Å². The van der Waals surface area contributed by atoms with Crippen molar-refractivity contribution in [2.75, 3.05) is 36.5 Å². The summed E-state index contributed by atoms with van der Waals surface area (Å²) < 4.78 is 0. The summed E-state index contributed by atoms with van der Waals surface area (Å²) in [5, 5.41) is 0. The molecule has 0 N–H and O–H groups in total. The van der Waals surface area contributed by atoms with Gasteiger partial charge in [0.15, 0.2) is 0 Å². The molecule has 17 heavy (non-hydrogen) atoms. The molecule has 0 radical (unpaired) electrons. The third kappa shape index (κ3) is 2.93. The Kier molecular flexibility index (Phi) is 3.56. The number of rotatable bonds is 4. The van der Waals surface area contributed by atoms with E-state index in [-0.39, 0.29) is 5.78 Å². The Hall–Kier alpha value is -1.65. The predicted molar refractivity (Wildman–Crippen MR) is 67.4 cm³/mol. The second kappa shape index (κ2) is 5.12. The zero-order valence-electron chi connectivity index (χ0n) is 10.4. The van der Waals surface area contributed by atoms with E-state index in [9.17, 15) is 4.79 Å². The maximum Gasteiger partial charge on any atom is 0.149 e. The summed E-state index contributed by atoms with van der Waals surface area (Å²) in [6.45, 7) is 4.09. The van der Waals surface area contributed by atoms with Crippen molar-refractivity contribution in [2.45, 2.75) is 19.8 Å². The van der Waals surface area contributed by atoms with Crippen LogP contribution in [0, 0.1) is 0 Å². The van der Waals surface area contributed by atoms with Crippen LogP contribution in [0.1, 0.15) is 19.8 Å². The van der Waals surface area contributed by atoms with Crippen LogP contribution in [0.2, 0.25) is 0 Å². The minimum Gasteiger partial charge on any atom is -0.356 e. The topological polar surface area (TPSA) is 49.3 Å². The van der Waals surface area contributed by atoms with Crippen LogP contribution in [-0.2, 0) is 4.79 Å². The van der Waals surface area contributed by atoms with Gasteiger partial charge in [-0.05, 0) is 19.8 Å². The van der Waals surface area contributed by atoms with Gasteiger partial charge in [0, 0.05) is 26.2 Å². The van der Waals surface area contributed by atoms with Gasteiger partial charge in [-0.15, -0.1) is 0 Å². The maximum absolute atomic E-state index is 11.1. The molecule has 0 unspecified atom stereocenters. The lowest BCUT2D eigenvalue weighted by Gasteiger charge is -2.20. The first-order chi connectivity index (χ1) is 8.16. The Morgan fingerprint density at radius 2 is 2.12 bits per heavy atom. The van der Waals surface area contributed by atoms with E-state index in [1.54, 1.807) is 13.3 Å². The highest BCUT2D eigenvalue weighted by molar-refractivity contribution is 5.80. The highest BCUT2D eigenvalue weighted by Crippen LogP contribution is 2.20. The molecule has 1 aromatic heterocycles. The smallest absolute Gasteiger partial charge is 0.149 e. The number of likely N-dealkylation sites (N-methyl/N-ethyl adjacent to an activating group) is 1. The van der Waals surface area contributed by atoms with Gasteiger partial charge in [-0.25, -0.2) is 9.97 Å². The van der Waals surface area contributed by atoms with E-state index in [0.717, 1.165) is 24.7 Å². The fraction of sp³-hybridized carbons (Fsp3) is 0.583. The maximum atomic E-state index is 11.1. The van der Waals surface area contributed by atoms with E-state index >= 15 is 0 Å². The quantitative estimate of drug-likeness (QED) is 0.781. The van der Waals surface area contributed by atoms with Gasteiger partial charge in [0.25, 0.3) is 0 Å². The van der Waals surface area contributed by atoms with E-state index in [4.69, 9.17) is 0 Å². The molecule has 5 heteroatoms. The van der Waals surface area contributed by atoms with Crippen LogP contribution >= 0.6 is 0 Å². The van der Waals surface area contributed by atoms with Crippen LogP contribution in [0.3, 0.4) is 0 Å². The van der Waals surface area contributed by atoms with Gasteiger partial charge in [-0.3, -0.25) is 4.79 Å². The van der Waals surface area contributed by atoms with Crippen LogP contribution in [0.15, 0.2) is 12.4 Å². The molecule has 0 spiro atoms. The molecule has 2 heterocycles. The first kappa shape index (κ1) is 11.8. The molecule has 0 bridgehead atoms. The van der Waals surface area contributed by atoms with Gasteiger partial charge < -0.3 is 9.80 Å². The lowest BCUT2D eigenvalue weighted by Crippen LogP contribution is -2.26. The molecule has 1 aliphatic rings. The van der Waals surface area contributed by atoms with Crippen LogP contribution in [0.25, 0.3) is 0 Å². The molecule has 92 valence electrons. The van der Waals surface area contributed by atoms with Crippen LogP contribution in [-0.4, -0.2) is 42.4 Å². The van der Waals surface area contributed by atoms with Gasteiger partial charge >= 0.3 is 0 Å². The van der Waals surface area contributed by atoms with Crippen LogP contribution in [0.5, 0.6) is 0 Å². The molecular weight excluding hydrogens is 216 g/mol. The summed E-state index contributed by atoms with van der Waals surface area (Å²) in [6.07, 6.45) is 4.02. The summed E-state index contributed by atoms with van der Waals surface area (Å²) >= 11 is 0. The Bertz CT molecular complexity index is 401. The molecule has 1 aliphatic heterocycles. The summed E-state index contributed by atoms with van der Waals surface area (Å²) in [6, 6.07) is 1.95. The normalized spacial score (nSPS) is 15.1. The fourth-order valence-corrected chi connectivity index (χ4v) is 2.08. The Balaban J connectivity index is 2.12. The average molecular weight is 234 g/mol. The van der Waals surface area contributed by atoms with Crippen molar-refractivity contribution >= 4 is 17.4 Å². The van der Waals surface area contributed by atoms with Gasteiger partial charge in [0.05, 0.1) is 6.54 Å². The van der Waals surface area contributed by atoms with Crippen molar-refractivity contribution in [1.82, 2.24) is 9.97 Å². The predicted octanol–water partition coefficient (Wildman–Crippen LogP) is 1.10. The number of ketones is 1. The third-order valence-corrected chi connectivity index (χ3v) is 2.92. The Morgan fingerprint density at radius 1 is 1.41 bits per heavy atom. The molecule has 0 aromatic carbocycles. The van der Waals surface area contributed by atoms with E-state index in [0.29, 0.717) is 6.54 Å². The lowest BCUT2D eigenvalue weighted by atomic mass is 10.4. The first-order valence-corrected chi connectivity index (χ1v) is 5.94. The monoisotopic (exact) mass is 234 g/mol. The first-order valence-electron chi connectivity index (χ1n) is 5.94. The molecule has 1 saturated heterocycles. The number of anilines is 2. The van der Waals surface area contributed by atoms with Crippen LogP contribution in [0.4, 0.5) is 11.6 Å². The molecule has 1 fully saturated rings. The van der Waals surface area contributed by atoms with Crippen LogP contribution < -0.4 is 9.80 Å². The summed E-state index contributed by atoms with van der Waals surface area (Å²) in [7, 11) is 1.87. The van der Waals surface area contributed by atoms with Crippen molar-refractivity contribution in [3.8, 4) is 0 Å². The van der Waals surface area contributed by atoms with E-state index in [1.165, 1.54) is 12.8 Å². The number of hydrogen-bond acceptors (Lipinski definition) is 5. The average Bonchev–Trinajstić information content (AvgIpc) is 2.82. The van der Waals surface area contributed by atoms with E-state index in [1.807, 2.05) is 18.0 Å². The van der Waals surface area contributed by atoms with Gasteiger partial charge in [0.2, 0.25) is 0 Å².